The number of aryl methyl sites for hydroxylation is 4. The zero-order chi connectivity index (χ0) is 93.3. The van der Waals surface area contributed by atoms with Crippen LogP contribution in [0, 0.1) is 0 Å². The number of aromatic nitrogens is 11. The quantitative estimate of drug-likeness (QED) is 0.0519. The number of fused-ring (bicyclic) bond motifs is 4. The lowest BCUT2D eigenvalue weighted by Crippen LogP contribution is -2.42. The minimum atomic E-state index is -3.54. The highest BCUT2D eigenvalue weighted by Gasteiger charge is 2.39. The fourth-order valence-corrected chi connectivity index (χ4v) is 15.7. The Bertz CT molecular complexity index is 6320. The largest absolute Gasteiger partial charge is 0.487 e. The molecule has 0 aliphatic carbocycles. The molecule has 6 aliphatic heterocycles. The van der Waals surface area contributed by atoms with Gasteiger partial charge in [-0.1, -0.05) is 7.43 Å². The minimum Gasteiger partial charge on any atom is -0.487 e. The van der Waals surface area contributed by atoms with Gasteiger partial charge in [-0.25, -0.2) is 27.7 Å². The smallest absolute Gasteiger partial charge is 0.272 e. The van der Waals surface area contributed by atoms with Gasteiger partial charge in [0.2, 0.25) is 10.0 Å². The van der Waals surface area contributed by atoms with Gasteiger partial charge in [-0.15, -0.1) is 0 Å². The highest BCUT2D eigenvalue weighted by atomic mass is 32.2. The summed E-state index contributed by atoms with van der Waals surface area (Å²) in [7, 11) is 9.86. The summed E-state index contributed by atoms with van der Waals surface area (Å²) in [6, 6.07) is 36.6. The summed E-state index contributed by atoms with van der Waals surface area (Å²) in [5.74, 6) is 6.45. The second kappa shape index (κ2) is 37.6. The van der Waals surface area contributed by atoms with Crippen LogP contribution < -0.4 is 59.2 Å². The lowest BCUT2D eigenvalue weighted by Gasteiger charge is -2.30. The van der Waals surface area contributed by atoms with Crippen LogP contribution in [-0.4, -0.2) is 200 Å². The third-order valence-corrected chi connectivity index (χ3v) is 23.4. The van der Waals surface area contributed by atoms with Crippen molar-refractivity contribution in [2.24, 2.45) is 28.2 Å². The summed E-state index contributed by atoms with van der Waals surface area (Å²) in [6.45, 7) is 18.9. The normalized spacial score (nSPS) is 14.9. The highest BCUT2D eigenvalue weighted by molar-refractivity contribution is 7.89. The number of hydrogen-bond donors (Lipinski definition) is 4. The summed E-state index contributed by atoms with van der Waals surface area (Å²) < 4.78 is 80.9. The Morgan fingerprint density at radius 2 is 0.636 bits per heavy atom. The van der Waals surface area contributed by atoms with Crippen molar-refractivity contribution in [3.63, 3.8) is 0 Å². The SMILES string of the molecule is C.CN(C)C(=O)c1ccc(Oc2cc(C(=O)Nc3ccn(C)n3)cc3c2CC(C)(C)O3)cn1.CN(C)S(=O)(=O)c1ccc(Oc2cc(C(=O)Nc3ccn(C)n3)cc3c2CC(C)(C)O3)cc1.Cn1ccc(NC(=O)c2cc(Oc3ccc(C(=O)N4CCC4)nc3)c3c(c2)OC(C)(C)C3)n1.Cn1ccc(NC(=O)c2cc(Oc3ccc(C(=O)N4CCC4)nc3)c3c(c2)OC(C)(C)C3)n1. The molecule has 12 aromatic rings. The average molecular weight is 1820 g/mol. The van der Waals surface area contributed by atoms with E-state index in [-0.39, 0.29) is 53.7 Å². The number of nitrogens with zero attached hydrogens (tertiary/aromatic N) is 15. The molecule has 688 valence electrons. The van der Waals surface area contributed by atoms with Crippen LogP contribution in [0.2, 0.25) is 0 Å². The van der Waals surface area contributed by atoms with Crippen molar-refractivity contribution in [2.45, 2.75) is 129 Å². The fraction of sp³-hybridized carbons (Fsp3) is 0.326. The highest BCUT2D eigenvalue weighted by Crippen LogP contribution is 2.48. The minimum absolute atomic E-state index is 0. The van der Waals surface area contributed by atoms with Gasteiger partial charge in [-0.2, -0.15) is 20.4 Å². The monoisotopic (exact) mass is 1820 g/mol. The van der Waals surface area contributed by atoms with Gasteiger partial charge in [0, 0.05) is 202 Å². The third-order valence-electron chi connectivity index (χ3n) is 21.6. The number of carbonyl (C=O) groups is 7. The van der Waals surface area contributed by atoms with Gasteiger partial charge < -0.3 is 73.9 Å². The summed E-state index contributed by atoms with van der Waals surface area (Å²) in [4.78, 5) is 106. The van der Waals surface area contributed by atoms with Gasteiger partial charge in [0.15, 0.2) is 23.3 Å². The molecule has 37 heteroatoms. The van der Waals surface area contributed by atoms with Crippen molar-refractivity contribution >= 4 is 74.6 Å². The molecule has 6 aliphatic rings. The van der Waals surface area contributed by atoms with Gasteiger partial charge in [0.25, 0.3) is 41.4 Å². The molecule has 13 heterocycles. The van der Waals surface area contributed by atoms with E-state index in [0.717, 1.165) is 65.6 Å². The molecular weight excluding hydrogens is 1710 g/mol. The lowest BCUT2D eigenvalue weighted by atomic mass is 9.99. The number of pyridine rings is 3. The van der Waals surface area contributed by atoms with Crippen molar-refractivity contribution in [3.8, 4) is 69.0 Å². The number of carbonyl (C=O) groups excluding carboxylic acids is 7. The average Bonchev–Trinajstić information content (AvgIpc) is 1.66. The molecule has 7 amide bonds. The first-order valence-corrected chi connectivity index (χ1v) is 43.6. The number of ether oxygens (including phenoxy) is 8. The van der Waals surface area contributed by atoms with E-state index in [1.165, 1.54) is 49.7 Å². The first-order chi connectivity index (χ1) is 62.1. The molecule has 7 aromatic heterocycles. The fourth-order valence-electron chi connectivity index (χ4n) is 14.8. The van der Waals surface area contributed by atoms with Crippen molar-refractivity contribution in [1.29, 1.82) is 0 Å². The van der Waals surface area contributed by atoms with Crippen LogP contribution in [0.25, 0.3) is 0 Å². The van der Waals surface area contributed by atoms with Crippen LogP contribution in [0.5, 0.6) is 69.0 Å². The number of amides is 7. The van der Waals surface area contributed by atoms with Crippen LogP contribution in [0.15, 0.2) is 182 Å². The molecule has 5 aromatic carbocycles. The molecule has 0 saturated carbocycles. The zero-order valence-corrected chi connectivity index (χ0v) is 76.2. The molecule has 132 heavy (non-hydrogen) atoms. The number of rotatable bonds is 21. The Kier molecular flexibility index (Phi) is 26.5. The number of sulfonamides is 1. The zero-order valence-electron chi connectivity index (χ0n) is 75.4. The van der Waals surface area contributed by atoms with E-state index in [1.54, 1.807) is 217 Å². The topological polar surface area (TPSA) is 398 Å². The van der Waals surface area contributed by atoms with Gasteiger partial charge in [-0.05, 0) is 177 Å². The van der Waals surface area contributed by atoms with Gasteiger partial charge in [-0.3, -0.25) is 52.3 Å². The van der Waals surface area contributed by atoms with Crippen molar-refractivity contribution in [1.82, 2.24) is 73.1 Å². The van der Waals surface area contributed by atoms with Gasteiger partial charge >= 0.3 is 0 Å². The van der Waals surface area contributed by atoms with Gasteiger partial charge in [0.1, 0.15) is 108 Å². The molecule has 4 N–H and O–H groups in total. The third kappa shape index (κ3) is 21.9. The predicted molar refractivity (Wildman–Crippen MR) is 490 cm³/mol. The standard InChI is InChI=1S/2C24H25N5O4.C23H25N5O4.C23H26N4O5S.CH4/c2*1-24(2)13-17-19(32-16-5-6-18(25-14-16)23(31)29-8-4-9-29)11-15(12-20(17)33-24)22(30)26-21-7-10-28(3)27-21;1-23(2)12-16-18(31-15-6-7-17(24-13-15)22(30)27(3)4)10-14(11-19(16)32-23)21(29)25-20-8-9-28(5)26-20;1-23(2)14-18-19(31-16-6-8-17(9-7-16)33(29,30)26(3)4)12-15(13-20(18)32-23)22(28)24-21-10-11-27(5)25-21;/h2*5-7,10-12,14H,4,8-9,13H2,1-3H3,(H,26,27,30);6-11,13H,12H2,1-5H3,(H,25,26,29);6-13H,14H2,1-5H3,(H,24,25,28);1H4. The second-order valence-corrected chi connectivity index (χ2v) is 37.2. The Hall–Kier alpha value is -15.0. The van der Waals surface area contributed by atoms with Crippen LogP contribution in [-0.2, 0) is 63.9 Å². The van der Waals surface area contributed by atoms with Crippen molar-refractivity contribution in [3.05, 3.63) is 238 Å². The van der Waals surface area contributed by atoms with Crippen molar-refractivity contribution in [2.75, 3.05) is 75.6 Å². The van der Waals surface area contributed by atoms with Crippen molar-refractivity contribution < 1.29 is 79.9 Å². The summed E-state index contributed by atoms with van der Waals surface area (Å²) >= 11 is 0. The van der Waals surface area contributed by atoms with Crippen LogP contribution >= 0.6 is 0 Å². The molecule has 0 unspecified atom stereocenters. The van der Waals surface area contributed by atoms with E-state index in [4.69, 9.17) is 37.9 Å². The molecule has 0 bridgehead atoms. The molecular formula is C95H105N19O17S. The first kappa shape index (κ1) is 93.1. The predicted octanol–water partition coefficient (Wildman–Crippen LogP) is 14.2. The Labute approximate surface area is 763 Å². The van der Waals surface area contributed by atoms with Crippen LogP contribution in [0.4, 0.5) is 23.3 Å². The molecule has 36 nitrogen and oxygen atoms in total. The van der Waals surface area contributed by atoms with E-state index in [1.807, 2.05) is 55.4 Å². The van der Waals surface area contributed by atoms with E-state index in [9.17, 15) is 42.0 Å². The maximum atomic E-state index is 12.9. The van der Waals surface area contributed by atoms with E-state index in [0.29, 0.717) is 157 Å². The number of anilines is 4. The van der Waals surface area contributed by atoms with Gasteiger partial charge in [0.05, 0.1) is 23.5 Å². The molecule has 2 saturated heterocycles. The summed E-state index contributed by atoms with van der Waals surface area (Å²) in [5, 5.41) is 27.8. The molecule has 0 radical (unpaired) electrons. The Morgan fingerprint density at radius 1 is 0.371 bits per heavy atom. The second-order valence-electron chi connectivity index (χ2n) is 35.1. The molecule has 18 rings (SSSR count). The molecule has 0 spiro atoms. The number of nitrogens with one attached hydrogen (secondary N) is 4. The maximum absolute atomic E-state index is 12.9. The number of benzene rings is 5. The van der Waals surface area contributed by atoms with Crippen LogP contribution in [0.3, 0.4) is 0 Å². The Morgan fingerprint density at radius 3 is 0.864 bits per heavy atom. The number of likely N-dealkylation sites (tertiary alicyclic amines) is 2. The van der Waals surface area contributed by atoms with Crippen LogP contribution in [0.1, 0.15) is 171 Å². The first-order valence-electron chi connectivity index (χ1n) is 42.2. The molecule has 2 fully saturated rings. The van der Waals surface area contributed by atoms with E-state index < -0.39 is 32.4 Å². The van der Waals surface area contributed by atoms with E-state index >= 15 is 0 Å². The summed E-state index contributed by atoms with van der Waals surface area (Å²) in [6.07, 6.45) is 16.1. The maximum Gasteiger partial charge on any atom is 0.272 e. The Balaban J connectivity index is 0.000000141. The number of hydrogen-bond acceptors (Lipinski definition) is 24. The van der Waals surface area contributed by atoms with E-state index in [2.05, 4.69) is 56.6 Å². The molecule has 0 atom stereocenters. The summed E-state index contributed by atoms with van der Waals surface area (Å²) in [5.41, 5.74) is 4.42. The lowest BCUT2D eigenvalue weighted by molar-refractivity contribution is 0.0638.